The number of allylic oxidation sites excluding steroid dienone is 4. The van der Waals surface area contributed by atoms with Crippen LogP contribution >= 0.6 is 20.1 Å². The van der Waals surface area contributed by atoms with Crippen molar-refractivity contribution in [2.75, 3.05) is 0 Å². The van der Waals surface area contributed by atoms with Crippen LogP contribution in [0.25, 0.3) is 16.5 Å². The molecule has 0 radical (unpaired) electrons. The molecule has 116 valence electrons. The average Bonchev–Trinajstić information content (AvgIpc) is 2.71. The zero-order valence-corrected chi connectivity index (χ0v) is 15.9. The maximum absolute atomic E-state index is 4.83. The summed E-state index contributed by atoms with van der Waals surface area (Å²) in [7, 11) is 9.65. The molecule has 0 spiro atoms. The first-order valence-corrected chi connectivity index (χ1v) is 10.7. The Morgan fingerprint density at radius 2 is 1.64 bits per heavy atom. The van der Waals surface area contributed by atoms with Gasteiger partial charge in [-0.2, -0.15) is 0 Å². The van der Waals surface area contributed by atoms with Crippen LogP contribution in [-0.4, -0.2) is 4.98 Å². The molecular weight excluding hydrogens is 353 g/mol. The Kier molecular flexibility index (Phi) is 6.12. The quantitative estimate of drug-likeness (QED) is 0.567. The van der Waals surface area contributed by atoms with E-state index in [1.165, 1.54) is 33.2 Å². The fraction of sp³-hybridized carbons (Fsp3) is 0.278. The van der Waals surface area contributed by atoms with Crippen LogP contribution in [0.1, 0.15) is 33.3 Å². The minimum absolute atomic E-state index is 0.181. The number of halogens is 2. The van der Waals surface area contributed by atoms with E-state index in [-0.39, 0.29) is 13.4 Å². The zero-order chi connectivity index (χ0) is 16.3. The van der Waals surface area contributed by atoms with Crippen LogP contribution in [0.2, 0.25) is 0 Å². The van der Waals surface area contributed by atoms with E-state index in [4.69, 9.17) is 20.1 Å². The van der Waals surface area contributed by atoms with E-state index >= 15 is 0 Å². The predicted octanol–water partition coefficient (Wildman–Crippen LogP) is 6.37. The van der Waals surface area contributed by atoms with Gasteiger partial charge in [-0.3, -0.25) is 4.98 Å². The second-order valence-corrected chi connectivity index (χ2v) is 7.61. The zero-order valence-electron chi connectivity index (χ0n) is 13.2. The van der Waals surface area contributed by atoms with Crippen molar-refractivity contribution < 1.29 is 13.4 Å². The number of aromatic nitrogens is 1. The summed E-state index contributed by atoms with van der Waals surface area (Å²) < 4.78 is 0. The summed E-state index contributed by atoms with van der Waals surface area (Å²) in [4.78, 5) is 4.59. The third kappa shape index (κ3) is 3.26. The van der Waals surface area contributed by atoms with Gasteiger partial charge in [0.2, 0.25) is 0 Å². The summed E-state index contributed by atoms with van der Waals surface area (Å²) in [6, 6.07) is 10.6. The molecule has 0 saturated heterocycles. The Hall–Kier alpha value is -0.778. The Morgan fingerprint density at radius 1 is 1.00 bits per heavy atom. The molecular formula is C18H19Cl2CrN. The predicted molar refractivity (Wildman–Crippen MR) is 93.6 cm³/mol. The molecule has 0 saturated carbocycles. The number of benzene rings is 1. The molecule has 1 aliphatic rings. The summed E-state index contributed by atoms with van der Waals surface area (Å²) >= 11 is -0.181. The molecule has 4 heteroatoms. The molecule has 1 aromatic carbocycles. The van der Waals surface area contributed by atoms with E-state index in [1.54, 1.807) is 0 Å². The van der Waals surface area contributed by atoms with Crippen molar-refractivity contribution in [1.82, 2.24) is 4.98 Å². The summed E-state index contributed by atoms with van der Waals surface area (Å²) in [6.07, 6.45) is 1.88. The van der Waals surface area contributed by atoms with E-state index in [0.717, 1.165) is 5.52 Å². The fourth-order valence-electron chi connectivity index (χ4n) is 3.12. The monoisotopic (exact) mass is 371 g/mol. The van der Waals surface area contributed by atoms with Crippen LogP contribution in [0, 0.1) is 5.92 Å². The first kappa shape index (κ1) is 17.6. The number of hydrogen-bond donors (Lipinski definition) is 0. The van der Waals surface area contributed by atoms with Crippen LogP contribution in [-0.2, 0) is 13.4 Å². The first-order valence-electron chi connectivity index (χ1n) is 7.14. The van der Waals surface area contributed by atoms with Crippen molar-refractivity contribution >= 4 is 36.6 Å². The second kappa shape index (κ2) is 7.67. The summed E-state index contributed by atoms with van der Waals surface area (Å²) in [5, 5.41) is 1.22. The molecule has 1 unspecified atom stereocenters. The minimum atomic E-state index is -0.181. The van der Waals surface area contributed by atoms with Crippen molar-refractivity contribution in [1.29, 1.82) is 0 Å². The molecule has 2 aromatic rings. The van der Waals surface area contributed by atoms with Gasteiger partial charge in [-0.05, 0) is 43.6 Å². The third-order valence-corrected chi connectivity index (χ3v) is 4.56. The van der Waals surface area contributed by atoms with Gasteiger partial charge >= 0.3 is 33.5 Å². The Morgan fingerprint density at radius 3 is 2.23 bits per heavy atom. The van der Waals surface area contributed by atoms with E-state index in [1.807, 2.05) is 12.3 Å². The molecule has 0 aliphatic heterocycles. The van der Waals surface area contributed by atoms with E-state index in [0.29, 0.717) is 5.92 Å². The van der Waals surface area contributed by atoms with Gasteiger partial charge in [0.15, 0.2) is 0 Å². The number of pyridine rings is 1. The van der Waals surface area contributed by atoms with Gasteiger partial charge in [0.05, 0.1) is 5.52 Å². The van der Waals surface area contributed by atoms with Gasteiger partial charge in [-0.25, -0.2) is 0 Å². The second-order valence-electron chi connectivity index (χ2n) is 5.51. The Bertz CT molecular complexity index is 744. The number of para-hydroxylation sites is 1. The molecule has 0 N–H and O–H groups in total. The number of hydrogen-bond acceptors (Lipinski definition) is 1. The van der Waals surface area contributed by atoms with Gasteiger partial charge in [0.1, 0.15) is 0 Å². The summed E-state index contributed by atoms with van der Waals surface area (Å²) in [5.74, 6) is 0.493. The number of nitrogens with zero attached hydrogens (tertiary/aromatic N) is 1. The molecule has 3 rings (SSSR count). The van der Waals surface area contributed by atoms with E-state index in [9.17, 15) is 0 Å². The van der Waals surface area contributed by atoms with Crippen molar-refractivity contribution in [2.24, 2.45) is 5.92 Å². The summed E-state index contributed by atoms with van der Waals surface area (Å²) in [5.41, 5.74) is 8.20. The van der Waals surface area contributed by atoms with Crippen LogP contribution < -0.4 is 0 Å². The molecule has 1 nitrogen and oxygen atoms in total. The SMILES string of the molecule is CC1=C(C)C(C)C(c2cccc3cccnc23)=C1C.[Cl][Cr][Cl]. The van der Waals surface area contributed by atoms with Gasteiger partial charge in [0, 0.05) is 23.1 Å². The maximum atomic E-state index is 4.83. The van der Waals surface area contributed by atoms with Crippen molar-refractivity contribution in [2.45, 2.75) is 27.7 Å². The average molecular weight is 372 g/mol. The third-order valence-electron chi connectivity index (χ3n) is 4.56. The van der Waals surface area contributed by atoms with Gasteiger partial charge in [-0.1, -0.05) is 36.8 Å². The number of fused-ring (bicyclic) bond motifs is 1. The van der Waals surface area contributed by atoms with Crippen molar-refractivity contribution in [3.63, 3.8) is 0 Å². The van der Waals surface area contributed by atoms with Gasteiger partial charge in [-0.15, -0.1) is 0 Å². The van der Waals surface area contributed by atoms with Crippen LogP contribution in [0.3, 0.4) is 0 Å². The van der Waals surface area contributed by atoms with Crippen LogP contribution in [0.4, 0.5) is 0 Å². The van der Waals surface area contributed by atoms with Gasteiger partial charge < -0.3 is 0 Å². The van der Waals surface area contributed by atoms with E-state index in [2.05, 4.69) is 56.9 Å². The molecule has 0 amide bonds. The standard InChI is InChI=1S/C18H19N.2ClH.Cr/c1-11-12(2)14(4)17(13(11)3)16-9-5-7-15-8-6-10-19-18(15)16;;;/h5-10,13H,1-4H3;2*1H;/q;;;+2/p-2. The van der Waals surface area contributed by atoms with Gasteiger partial charge in [0.25, 0.3) is 0 Å². The topological polar surface area (TPSA) is 12.9 Å². The van der Waals surface area contributed by atoms with Crippen molar-refractivity contribution in [3.05, 3.63) is 58.8 Å². The molecule has 1 heterocycles. The molecule has 0 bridgehead atoms. The van der Waals surface area contributed by atoms with E-state index < -0.39 is 0 Å². The molecule has 0 fully saturated rings. The normalized spacial score (nSPS) is 17.8. The fourth-order valence-corrected chi connectivity index (χ4v) is 3.12. The molecule has 1 aliphatic carbocycles. The first-order chi connectivity index (χ1) is 10.5. The Balaban J connectivity index is 0.000000545. The van der Waals surface area contributed by atoms with Crippen molar-refractivity contribution in [3.8, 4) is 0 Å². The van der Waals surface area contributed by atoms with Crippen LogP contribution in [0.15, 0.2) is 53.2 Å². The number of rotatable bonds is 1. The Labute approximate surface area is 147 Å². The molecule has 1 aromatic heterocycles. The molecule has 1 atom stereocenters. The molecule has 22 heavy (non-hydrogen) atoms. The van der Waals surface area contributed by atoms with Crippen LogP contribution in [0.5, 0.6) is 0 Å². The summed E-state index contributed by atoms with van der Waals surface area (Å²) in [6.45, 7) is 9.01.